The highest BCUT2D eigenvalue weighted by atomic mass is 16.5. The molecule has 0 bridgehead atoms. The van der Waals surface area contributed by atoms with Gasteiger partial charge in [-0.2, -0.15) is 0 Å². The summed E-state index contributed by atoms with van der Waals surface area (Å²) >= 11 is 0. The molecule has 3 heteroatoms. The van der Waals surface area contributed by atoms with E-state index >= 15 is 0 Å². The van der Waals surface area contributed by atoms with Gasteiger partial charge in [-0.25, -0.2) is 0 Å². The number of methoxy groups -OCH3 is 2. The zero-order valence-electron chi connectivity index (χ0n) is 14.1. The van der Waals surface area contributed by atoms with Gasteiger partial charge in [0.2, 0.25) is 0 Å². The molecule has 0 spiro atoms. The summed E-state index contributed by atoms with van der Waals surface area (Å²) < 4.78 is 10.9. The Labute approximate surface area is 138 Å². The summed E-state index contributed by atoms with van der Waals surface area (Å²) in [6, 6.07) is 6.39. The molecular weight excluding hydrogens is 286 g/mol. The Balaban J connectivity index is 2.29. The predicted octanol–water partition coefficient (Wildman–Crippen LogP) is 4.43. The standard InChI is InChI=1S/C20H23NO2/c1-15-10-11-16(2)19(12-15)21-14-17-8-6-5-7-9-18(22-3)13-20(17)23-4/h5-6,8-13,21H,14H2,1-4H3. The van der Waals surface area contributed by atoms with Gasteiger partial charge in [0.25, 0.3) is 0 Å². The van der Waals surface area contributed by atoms with Crippen LogP contribution in [0.5, 0.6) is 0 Å². The van der Waals surface area contributed by atoms with Crippen LogP contribution < -0.4 is 5.32 Å². The van der Waals surface area contributed by atoms with E-state index in [2.05, 4.69) is 43.1 Å². The molecule has 1 N–H and O–H groups in total. The first kappa shape index (κ1) is 16.7. The van der Waals surface area contributed by atoms with Crippen LogP contribution in [0.2, 0.25) is 0 Å². The van der Waals surface area contributed by atoms with Gasteiger partial charge in [-0.15, -0.1) is 5.73 Å². The Bertz CT molecular complexity index is 717. The van der Waals surface area contributed by atoms with Crippen LogP contribution in [-0.4, -0.2) is 20.8 Å². The summed E-state index contributed by atoms with van der Waals surface area (Å²) in [5, 5.41) is 3.49. The minimum Gasteiger partial charge on any atom is -0.496 e. The molecule has 0 atom stereocenters. The summed E-state index contributed by atoms with van der Waals surface area (Å²) in [4.78, 5) is 0. The molecular formula is C20H23NO2. The SMILES string of the molecule is COC1=CC(OC)=C(CNc2cc(C)ccc2C)C=CC=C=C1. The average molecular weight is 309 g/mol. The van der Waals surface area contributed by atoms with Gasteiger partial charge >= 0.3 is 0 Å². The summed E-state index contributed by atoms with van der Waals surface area (Å²) in [6.07, 6.45) is 9.47. The fraction of sp³-hybridized carbons (Fsp3) is 0.250. The normalized spacial score (nSPS) is 14.0. The van der Waals surface area contributed by atoms with Gasteiger partial charge in [0.1, 0.15) is 11.5 Å². The summed E-state index contributed by atoms with van der Waals surface area (Å²) in [5.41, 5.74) is 7.67. The third-order valence-corrected chi connectivity index (χ3v) is 3.62. The van der Waals surface area contributed by atoms with Gasteiger partial charge in [0, 0.05) is 30.0 Å². The number of nitrogens with one attached hydrogen (secondary N) is 1. The van der Waals surface area contributed by atoms with Crippen LogP contribution in [0.1, 0.15) is 11.1 Å². The van der Waals surface area contributed by atoms with E-state index in [9.17, 15) is 0 Å². The van der Waals surface area contributed by atoms with Crippen molar-refractivity contribution in [2.24, 2.45) is 0 Å². The maximum absolute atomic E-state index is 5.54. The molecule has 0 aliphatic heterocycles. The molecule has 120 valence electrons. The minimum absolute atomic E-state index is 0.658. The van der Waals surface area contributed by atoms with Crippen LogP contribution >= 0.6 is 0 Å². The van der Waals surface area contributed by atoms with E-state index in [4.69, 9.17) is 9.47 Å². The quantitative estimate of drug-likeness (QED) is 0.816. The molecule has 3 nitrogen and oxygen atoms in total. The van der Waals surface area contributed by atoms with Crippen molar-refractivity contribution in [1.82, 2.24) is 0 Å². The molecule has 0 radical (unpaired) electrons. The Kier molecular flexibility index (Phi) is 5.90. The lowest BCUT2D eigenvalue weighted by Crippen LogP contribution is -2.08. The Morgan fingerprint density at radius 3 is 2.70 bits per heavy atom. The third kappa shape index (κ3) is 4.67. The fourth-order valence-electron chi connectivity index (χ4n) is 2.27. The first-order valence-corrected chi connectivity index (χ1v) is 7.57. The second kappa shape index (κ2) is 8.11. The van der Waals surface area contributed by atoms with Crippen molar-refractivity contribution in [1.29, 1.82) is 0 Å². The smallest absolute Gasteiger partial charge is 0.130 e. The van der Waals surface area contributed by atoms with Gasteiger partial charge in [-0.1, -0.05) is 24.3 Å². The van der Waals surface area contributed by atoms with Gasteiger partial charge < -0.3 is 14.8 Å². The molecule has 0 saturated heterocycles. The van der Waals surface area contributed by atoms with Crippen molar-refractivity contribution in [3.8, 4) is 0 Å². The van der Waals surface area contributed by atoms with E-state index in [1.807, 2.05) is 24.3 Å². The van der Waals surface area contributed by atoms with Crippen LogP contribution in [0.15, 0.2) is 71.4 Å². The van der Waals surface area contributed by atoms with Crippen molar-refractivity contribution in [3.63, 3.8) is 0 Å². The largest absolute Gasteiger partial charge is 0.496 e. The molecule has 0 amide bonds. The number of rotatable bonds is 5. The number of hydrogen-bond acceptors (Lipinski definition) is 3. The van der Waals surface area contributed by atoms with Crippen molar-refractivity contribution in [3.05, 3.63) is 82.5 Å². The van der Waals surface area contributed by atoms with Crippen LogP contribution in [0.4, 0.5) is 5.69 Å². The Morgan fingerprint density at radius 2 is 1.96 bits per heavy atom. The molecule has 0 unspecified atom stereocenters. The second-order valence-electron chi connectivity index (χ2n) is 5.35. The van der Waals surface area contributed by atoms with Crippen LogP contribution in [-0.2, 0) is 9.47 Å². The molecule has 1 aliphatic carbocycles. The molecule has 1 aliphatic rings. The highest BCUT2D eigenvalue weighted by Gasteiger charge is 2.06. The summed E-state index contributed by atoms with van der Waals surface area (Å²) in [6.45, 7) is 4.85. The number of allylic oxidation sites excluding steroid dienone is 3. The first-order chi connectivity index (χ1) is 11.1. The Hall–Kier alpha value is -2.64. The van der Waals surface area contributed by atoms with Crippen molar-refractivity contribution in [2.45, 2.75) is 13.8 Å². The van der Waals surface area contributed by atoms with E-state index in [0.717, 1.165) is 17.0 Å². The first-order valence-electron chi connectivity index (χ1n) is 7.57. The fourth-order valence-corrected chi connectivity index (χ4v) is 2.27. The third-order valence-electron chi connectivity index (χ3n) is 3.62. The lowest BCUT2D eigenvalue weighted by molar-refractivity contribution is 0.283. The maximum atomic E-state index is 5.54. The molecule has 2 rings (SSSR count). The lowest BCUT2D eigenvalue weighted by Gasteiger charge is -2.13. The number of ether oxygens (including phenoxy) is 2. The monoisotopic (exact) mass is 309 g/mol. The van der Waals surface area contributed by atoms with Gasteiger partial charge in [0.15, 0.2) is 0 Å². The van der Waals surface area contributed by atoms with E-state index in [1.54, 1.807) is 20.3 Å². The number of anilines is 1. The van der Waals surface area contributed by atoms with Gasteiger partial charge in [0.05, 0.1) is 14.2 Å². The summed E-state index contributed by atoms with van der Waals surface area (Å²) in [5.74, 6) is 1.47. The van der Waals surface area contributed by atoms with Crippen molar-refractivity contribution >= 4 is 5.69 Å². The van der Waals surface area contributed by atoms with E-state index < -0.39 is 0 Å². The number of benzene rings is 1. The molecule has 0 aromatic heterocycles. The Morgan fingerprint density at radius 1 is 1.13 bits per heavy atom. The van der Waals surface area contributed by atoms with E-state index in [-0.39, 0.29) is 0 Å². The lowest BCUT2D eigenvalue weighted by atomic mass is 10.1. The maximum Gasteiger partial charge on any atom is 0.130 e. The molecule has 23 heavy (non-hydrogen) atoms. The molecule has 0 fully saturated rings. The van der Waals surface area contributed by atoms with Crippen LogP contribution in [0.25, 0.3) is 0 Å². The van der Waals surface area contributed by atoms with Crippen LogP contribution in [0.3, 0.4) is 0 Å². The highest BCUT2D eigenvalue weighted by Crippen LogP contribution is 2.19. The van der Waals surface area contributed by atoms with Crippen LogP contribution in [0, 0.1) is 13.8 Å². The van der Waals surface area contributed by atoms with Gasteiger partial charge in [-0.3, -0.25) is 0 Å². The molecule has 0 saturated carbocycles. The molecule has 0 heterocycles. The highest BCUT2D eigenvalue weighted by molar-refractivity contribution is 5.54. The van der Waals surface area contributed by atoms with E-state index in [1.165, 1.54) is 11.1 Å². The summed E-state index contributed by atoms with van der Waals surface area (Å²) in [7, 11) is 3.30. The number of hydrogen-bond donors (Lipinski definition) is 1. The van der Waals surface area contributed by atoms with Gasteiger partial charge in [-0.05, 0) is 37.1 Å². The van der Waals surface area contributed by atoms with E-state index in [0.29, 0.717) is 12.3 Å². The topological polar surface area (TPSA) is 30.5 Å². The molecule has 1 aromatic carbocycles. The zero-order chi connectivity index (χ0) is 16.7. The second-order valence-corrected chi connectivity index (χ2v) is 5.35. The average Bonchev–Trinajstić information content (AvgIpc) is 2.65. The predicted molar refractivity (Wildman–Crippen MR) is 95.3 cm³/mol. The van der Waals surface area contributed by atoms with Crippen molar-refractivity contribution < 1.29 is 9.47 Å². The van der Waals surface area contributed by atoms with Crippen molar-refractivity contribution in [2.75, 3.05) is 26.1 Å². The zero-order valence-corrected chi connectivity index (χ0v) is 14.1. The molecule has 1 aromatic rings. The number of aryl methyl sites for hydroxylation is 2. The minimum atomic E-state index is 0.658.